The molecule has 1 amide bonds. The lowest BCUT2D eigenvalue weighted by atomic mass is 9.89. The fourth-order valence-electron chi connectivity index (χ4n) is 4.91. The summed E-state index contributed by atoms with van der Waals surface area (Å²) in [5, 5.41) is 12.2. The highest BCUT2D eigenvalue weighted by Gasteiger charge is 2.39. The third kappa shape index (κ3) is 7.58. The number of hydrogen-bond acceptors (Lipinski definition) is 6. The minimum absolute atomic E-state index is 0.00503. The fraction of sp³-hybridized carbons (Fsp3) is 0.364. The van der Waals surface area contributed by atoms with Gasteiger partial charge in [-0.1, -0.05) is 98.4 Å². The minimum Gasteiger partial charge on any atom is -0.445 e. The summed E-state index contributed by atoms with van der Waals surface area (Å²) >= 11 is 0. The molecule has 212 valence electrons. The van der Waals surface area contributed by atoms with Crippen LogP contribution in [0.2, 0.25) is 0 Å². The fourth-order valence-corrected chi connectivity index (χ4v) is 4.91. The predicted molar refractivity (Wildman–Crippen MR) is 155 cm³/mol. The second kappa shape index (κ2) is 14.2. The maximum atomic E-state index is 11.8. The van der Waals surface area contributed by atoms with Crippen molar-refractivity contribution >= 4 is 6.09 Å². The number of rotatable bonds is 11. The molecule has 4 rings (SSSR count). The number of hydrogen-bond donors (Lipinski definition) is 2. The number of alkyl carbamates (subject to hydrolysis) is 1. The van der Waals surface area contributed by atoms with Crippen LogP contribution in [0, 0.1) is 5.92 Å². The molecule has 0 radical (unpaired) electrons. The summed E-state index contributed by atoms with van der Waals surface area (Å²) in [4.78, 5) is 14.1. The molecule has 1 aliphatic rings. The quantitative estimate of drug-likeness (QED) is 0.285. The van der Waals surface area contributed by atoms with Gasteiger partial charge < -0.3 is 24.6 Å². The molecule has 0 aliphatic carbocycles. The van der Waals surface area contributed by atoms with Gasteiger partial charge in [0.15, 0.2) is 6.29 Å². The van der Waals surface area contributed by atoms with E-state index in [0.717, 1.165) is 28.8 Å². The van der Waals surface area contributed by atoms with Crippen LogP contribution in [0.25, 0.3) is 0 Å². The van der Waals surface area contributed by atoms with Gasteiger partial charge in [0.05, 0.1) is 18.8 Å². The first-order valence-corrected chi connectivity index (χ1v) is 13.8. The summed E-state index contributed by atoms with van der Waals surface area (Å²) in [7, 11) is 2.13. The first-order valence-electron chi connectivity index (χ1n) is 13.8. The molecule has 2 N–H and O–H groups in total. The summed E-state index contributed by atoms with van der Waals surface area (Å²) in [6.45, 7) is 9.19. The minimum atomic E-state index is -0.552. The predicted octanol–water partition coefficient (Wildman–Crippen LogP) is 6.08. The molecule has 1 aliphatic heterocycles. The number of ether oxygens (including phenoxy) is 3. The van der Waals surface area contributed by atoms with Crippen LogP contribution in [0.4, 0.5) is 4.79 Å². The zero-order chi connectivity index (χ0) is 28.5. The number of amides is 1. The van der Waals surface area contributed by atoms with Gasteiger partial charge in [0.2, 0.25) is 0 Å². The van der Waals surface area contributed by atoms with E-state index >= 15 is 0 Å². The average molecular weight is 545 g/mol. The van der Waals surface area contributed by atoms with Crippen molar-refractivity contribution in [2.75, 3.05) is 20.2 Å². The molecule has 0 bridgehead atoms. The molecule has 7 nitrogen and oxygen atoms in total. The van der Waals surface area contributed by atoms with Crippen LogP contribution in [0.5, 0.6) is 0 Å². The molecular weight excluding hydrogens is 504 g/mol. The van der Waals surface area contributed by atoms with Crippen molar-refractivity contribution in [2.24, 2.45) is 5.92 Å². The lowest BCUT2D eigenvalue weighted by molar-refractivity contribution is -0.276. The Morgan fingerprint density at radius 3 is 2.33 bits per heavy atom. The Labute approximate surface area is 237 Å². The third-order valence-electron chi connectivity index (χ3n) is 7.56. The summed E-state index contributed by atoms with van der Waals surface area (Å²) in [5.74, 6) is 0.0895. The lowest BCUT2D eigenvalue weighted by Gasteiger charge is -2.43. The van der Waals surface area contributed by atoms with E-state index < -0.39 is 12.4 Å². The maximum Gasteiger partial charge on any atom is 0.407 e. The summed E-state index contributed by atoms with van der Waals surface area (Å²) in [6.07, 6.45) is 0.227. The number of carbonyl (C=O) groups is 1. The monoisotopic (exact) mass is 544 g/mol. The topological polar surface area (TPSA) is 80.3 Å². The summed E-state index contributed by atoms with van der Waals surface area (Å²) in [6, 6.07) is 26.5. The first kappa shape index (κ1) is 29.5. The van der Waals surface area contributed by atoms with Gasteiger partial charge in [-0.3, -0.25) is 4.90 Å². The van der Waals surface area contributed by atoms with Gasteiger partial charge in [-0.2, -0.15) is 0 Å². The molecule has 1 fully saturated rings. The number of nitrogens with one attached hydrogen (secondary N) is 1. The summed E-state index contributed by atoms with van der Waals surface area (Å²) < 4.78 is 18.2. The van der Waals surface area contributed by atoms with Gasteiger partial charge in [0.25, 0.3) is 0 Å². The van der Waals surface area contributed by atoms with Crippen molar-refractivity contribution in [1.82, 2.24) is 10.2 Å². The largest absolute Gasteiger partial charge is 0.445 e. The highest BCUT2D eigenvalue weighted by atomic mass is 16.7. The Morgan fingerprint density at radius 2 is 1.68 bits per heavy atom. The second-order valence-corrected chi connectivity index (χ2v) is 10.3. The van der Waals surface area contributed by atoms with Crippen molar-refractivity contribution in [3.8, 4) is 0 Å². The van der Waals surface area contributed by atoms with Crippen molar-refractivity contribution in [2.45, 2.75) is 51.5 Å². The van der Waals surface area contributed by atoms with Crippen molar-refractivity contribution in [3.05, 3.63) is 119 Å². The molecule has 1 saturated heterocycles. The van der Waals surface area contributed by atoms with E-state index in [1.165, 1.54) is 11.6 Å². The molecule has 0 aromatic heterocycles. The summed E-state index contributed by atoms with van der Waals surface area (Å²) in [5.41, 5.74) is 5.03. The zero-order valence-electron chi connectivity index (χ0n) is 23.5. The van der Waals surface area contributed by atoms with Crippen LogP contribution >= 0.6 is 0 Å². The molecular formula is C33H40N2O5. The molecule has 7 heteroatoms. The van der Waals surface area contributed by atoms with Crippen LogP contribution in [-0.4, -0.2) is 42.4 Å². The second-order valence-electron chi connectivity index (χ2n) is 10.3. The molecule has 0 saturated carbocycles. The SMILES string of the molecule is C=CCOC(=O)NCc1ccc(C2OC(CN(C)C(C)c3ccccc3)C(C)C(c3ccc(CO)cc3)O2)cc1. The zero-order valence-corrected chi connectivity index (χ0v) is 23.5. The van der Waals surface area contributed by atoms with E-state index in [0.29, 0.717) is 6.54 Å². The van der Waals surface area contributed by atoms with Crippen LogP contribution in [0.15, 0.2) is 91.5 Å². The number of aliphatic hydroxyl groups excluding tert-OH is 1. The van der Waals surface area contributed by atoms with E-state index in [2.05, 4.69) is 62.0 Å². The lowest BCUT2D eigenvalue weighted by Crippen LogP contribution is -2.44. The van der Waals surface area contributed by atoms with Gasteiger partial charge in [0, 0.05) is 30.6 Å². The number of nitrogens with zero attached hydrogens (tertiary/aromatic N) is 1. The Bertz CT molecular complexity index is 1220. The molecule has 0 spiro atoms. The molecule has 3 aromatic rings. The number of carbonyl (C=O) groups excluding carboxylic acids is 1. The van der Waals surface area contributed by atoms with E-state index in [1.54, 1.807) is 0 Å². The number of benzene rings is 3. The van der Waals surface area contributed by atoms with E-state index in [9.17, 15) is 9.90 Å². The van der Waals surface area contributed by atoms with Crippen LogP contribution in [-0.2, 0) is 27.4 Å². The van der Waals surface area contributed by atoms with Crippen LogP contribution in [0.1, 0.15) is 60.1 Å². The maximum absolute atomic E-state index is 11.8. The van der Waals surface area contributed by atoms with Crippen LogP contribution < -0.4 is 5.32 Å². The Hall–Kier alpha value is -3.49. The molecule has 1 heterocycles. The first-order chi connectivity index (χ1) is 19.4. The van der Waals surface area contributed by atoms with Crippen molar-refractivity contribution in [3.63, 3.8) is 0 Å². The van der Waals surface area contributed by atoms with E-state index in [1.807, 2.05) is 54.6 Å². The molecule has 3 aromatic carbocycles. The Kier molecular flexibility index (Phi) is 10.5. The van der Waals surface area contributed by atoms with Gasteiger partial charge in [-0.15, -0.1) is 0 Å². The van der Waals surface area contributed by atoms with E-state index in [4.69, 9.17) is 14.2 Å². The number of likely N-dealkylation sites (N-methyl/N-ethyl adjacent to an activating group) is 1. The third-order valence-corrected chi connectivity index (χ3v) is 7.56. The van der Waals surface area contributed by atoms with Gasteiger partial charge in [0.1, 0.15) is 6.61 Å². The normalized spacial score (nSPS) is 21.5. The average Bonchev–Trinajstić information content (AvgIpc) is 3.00. The molecule has 5 unspecified atom stereocenters. The van der Waals surface area contributed by atoms with Gasteiger partial charge >= 0.3 is 6.09 Å². The van der Waals surface area contributed by atoms with Crippen molar-refractivity contribution in [1.29, 1.82) is 0 Å². The van der Waals surface area contributed by atoms with Gasteiger partial charge in [-0.25, -0.2) is 4.79 Å². The Balaban J connectivity index is 1.51. The van der Waals surface area contributed by atoms with Crippen molar-refractivity contribution < 1.29 is 24.1 Å². The molecule has 40 heavy (non-hydrogen) atoms. The van der Waals surface area contributed by atoms with Gasteiger partial charge in [-0.05, 0) is 36.2 Å². The Morgan fingerprint density at radius 1 is 1.02 bits per heavy atom. The standard InChI is InChI=1S/C33H40N2O5/c1-5-19-38-33(37)34-20-25-11-17-29(18-12-25)32-39-30(21-35(4)24(3)27-9-7-6-8-10-27)23(2)31(40-32)28-15-13-26(22-36)14-16-28/h5-18,23-24,30-32,36H,1,19-22H2,2-4H3,(H,34,37). The molecule has 5 atom stereocenters. The van der Waals surface area contributed by atoms with E-state index in [-0.39, 0.29) is 37.4 Å². The highest BCUT2D eigenvalue weighted by molar-refractivity contribution is 5.67. The number of aliphatic hydroxyl groups is 1. The highest BCUT2D eigenvalue weighted by Crippen LogP contribution is 2.42. The van der Waals surface area contributed by atoms with Crippen LogP contribution in [0.3, 0.4) is 0 Å². The smallest absolute Gasteiger partial charge is 0.407 e.